The molecular formula is C15H25ClN2O. The first-order valence-electron chi connectivity index (χ1n) is 6.55. The number of nitrogens with one attached hydrogen (secondary N) is 1. The lowest BCUT2D eigenvalue weighted by molar-refractivity contribution is -0.134. The minimum Gasteiger partial charge on any atom is -0.341 e. The molecule has 0 spiro atoms. The molecule has 108 valence electrons. The largest absolute Gasteiger partial charge is 0.341 e. The maximum Gasteiger partial charge on any atom is 0.226 e. The van der Waals surface area contributed by atoms with Crippen molar-refractivity contribution in [3.05, 3.63) is 35.4 Å². The molecular weight excluding hydrogens is 260 g/mol. The van der Waals surface area contributed by atoms with E-state index in [1.165, 1.54) is 11.1 Å². The van der Waals surface area contributed by atoms with Crippen molar-refractivity contribution in [2.24, 2.45) is 5.92 Å². The third kappa shape index (κ3) is 5.62. The van der Waals surface area contributed by atoms with Gasteiger partial charge in [0.25, 0.3) is 0 Å². The van der Waals surface area contributed by atoms with Gasteiger partial charge in [-0.25, -0.2) is 0 Å². The van der Waals surface area contributed by atoms with Gasteiger partial charge < -0.3 is 10.2 Å². The zero-order valence-corrected chi connectivity index (χ0v) is 13.1. The van der Waals surface area contributed by atoms with Crippen molar-refractivity contribution in [2.75, 3.05) is 20.6 Å². The summed E-state index contributed by atoms with van der Waals surface area (Å²) in [5.74, 6) is 0.207. The number of nitrogens with zero attached hydrogens (tertiary/aromatic N) is 1. The highest BCUT2D eigenvalue weighted by atomic mass is 35.5. The number of hydrogen-bond donors (Lipinski definition) is 1. The Hall–Kier alpha value is -1.06. The summed E-state index contributed by atoms with van der Waals surface area (Å²) in [7, 11) is 3.73. The fourth-order valence-electron chi connectivity index (χ4n) is 2.00. The Bertz CT molecular complexity index is 378. The molecule has 0 aliphatic carbocycles. The van der Waals surface area contributed by atoms with E-state index < -0.39 is 0 Å². The third-order valence-corrected chi connectivity index (χ3v) is 3.16. The zero-order chi connectivity index (χ0) is 13.5. The summed E-state index contributed by atoms with van der Waals surface area (Å²) in [5.41, 5.74) is 2.51. The van der Waals surface area contributed by atoms with Crippen LogP contribution in [-0.2, 0) is 17.8 Å². The van der Waals surface area contributed by atoms with Gasteiger partial charge in [-0.05, 0) is 24.6 Å². The molecule has 0 radical (unpaired) electrons. The SMILES string of the molecule is CCc1ccc(CN(C)C(=O)C(C)CNC)cc1.Cl. The summed E-state index contributed by atoms with van der Waals surface area (Å²) in [5, 5.41) is 3.03. The number of aryl methyl sites for hydroxylation is 1. The van der Waals surface area contributed by atoms with Crippen molar-refractivity contribution in [1.82, 2.24) is 10.2 Å². The average molecular weight is 285 g/mol. The van der Waals surface area contributed by atoms with Gasteiger partial charge in [0.1, 0.15) is 0 Å². The molecule has 19 heavy (non-hydrogen) atoms. The highest BCUT2D eigenvalue weighted by Crippen LogP contribution is 2.09. The Balaban J connectivity index is 0.00000324. The number of hydrogen-bond acceptors (Lipinski definition) is 2. The summed E-state index contributed by atoms with van der Waals surface area (Å²) in [4.78, 5) is 13.8. The van der Waals surface area contributed by atoms with Crippen molar-refractivity contribution in [1.29, 1.82) is 0 Å². The predicted molar refractivity (Wildman–Crippen MR) is 82.6 cm³/mol. The smallest absolute Gasteiger partial charge is 0.226 e. The van der Waals surface area contributed by atoms with Crippen LogP contribution >= 0.6 is 12.4 Å². The van der Waals surface area contributed by atoms with Crippen molar-refractivity contribution in [2.45, 2.75) is 26.8 Å². The van der Waals surface area contributed by atoms with Crippen LogP contribution in [0.2, 0.25) is 0 Å². The van der Waals surface area contributed by atoms with E-state index in [-0.39, 0.29) is 24.2 Å². The second-order valence-electron chi connectivity index (χ2n) is 4.82. The van der Waals surface area contributed by atoms with E-state index in [4.69, 9.17) is 0 Å². The van der Waals surface area contributed by atoms with Gasteiger partial charge in [0.2, 0.25) is 5.91 Å². The van der Waals surface area contributed by atoms with Gasteiger partial charge in [0.15, 0.2) is 0 Å². The molecule has 0 heterocycles. The standard InChI is InChI=1S/C15H24N2O.ClH/c1-5-13-6-8-14(9-7-13)11-17(4)15(18)12(2)10-16-3;/h6-9,12,16H,5,10-11H2,1-4H3;1H. The van der Waals surface area contributed by atoms with E-state index in [2.05, 4.69) is 36.5 Å². The van der Waals surface area contributed by atoms with Gasteiger partial charge in [-0.2, -0.15) is 0 Å². The molecule has 0 fully saturated rings. The lowest BCUT2D eigenvalue weighted by Gasteiger charge is -2.21. The van der Waals surface area contributed by atoms with Crippen LogP contribution in [0.4, 0.5) is 0 Å². The second-order valence-corrected chi connectivity index (χ2v) is 4.82. The van der Waals surface area contributed by atoms with Gasteiger partial charge >= 0.3 is 0 Å². The molecule has 1 N–H and O–H groups in total. The first-order valence-corrected chi connectivity index (χ1v) is 6.55. The van der Waals surface area contributed by atoms with Gasteiger partial charge in [0.05, 0.1) is 0 Å². The van der Waals surface area contributed by atoms with Crippen LogP contribution in [-0.4, -0.2) is 31.4 Å². The second kappa shape index (κ2) is 8.94. The molecule has 1 aromatic rings. The molecule has 1 unspecified atom stereocenters. The van der Waals surface area contributed by atoms with Crippen LogP contribution in [0.25, 0.3) is 0 Å². The Morgan fingerprint density at radius 2 is 1.79 bits per heavy atom. The van der Waals surface area contributed by atoms with Crippen molar-refractivity contribution >= 4 is 18.3 Å². The molecule has 3 nitrogen and oxygen atoms in total. The van der Waals surface area contributed by atoms with Gasteiger partial charge in [0, 0.05) is 26.1 Å². The van der Waals surface area contributed by atoms with Crippen LogP contribution in [0.1, 0.15) is 25.0 Å². The summed E-state index contributed by atoms with van der Waals surface area (Å²) >= 11 is 0. The number of halogens is 1. The number of carbonyl (C=O) groups is 1. The molecule has 4 heteroatoms. The quantitative estimate of drug-likeness (QED) is 0.870. The topological polar surface area (TPSA) is 32.3 Å². The zero-order valence-electron chi connectivity index (χ0n) is 12.3. The molecule has 0 saturated carbocycles. The first kappa shape index (κ1) is 17.9. The summed E-state index contributed by atoms with van der Waals surface area (Å²) in [6.45, 7) is 5.49. The van der Waals surface area contributed by atoms with E-state index in [0.717, 1.165) is 13.0 Å². The van der Waals surface area contributed by atoms with Crippen LogP contribution < -0.4 is 5.32 Å². The molecule has 0 aliphatic rings. The van der Waals surface area contributed by atoms with Crippen LogP contribution in [0, 0.1) is 5.92 Å². The number of carbonyl (C=O) groups excluding carboxylic acids is 1. The van der Waals surface area contributed by atoms with Gasteiger partial charge in [-0.1, -0.05) is 38.1 Å². The predicted octanol–water partition coefficient (Wildman–Crippen LogP) is 2.48. The van der Waals surface area contributed by atoms with Crippen LogP contribution in [0.15, 0.2) is 24.3 Å². The number of rotatable bonds is 6. The Labute approximate surface area is 122 Å². The Kier molecular flexibility index (Phi) is 8.44. The third-order valence-electron chi connectivity index (χ3n) is 3.16. The minimum absolute atomic E-state index is 0. The Morgan fingerprint density at radius 3 is 2.26 bits per heavy atom. The van der Waals surface area contributed by atoms with E-state index in [9.17, 15) is 4.79 Å². The van der Waals surface area contributed by atoms with Crippen molar-refractivity contribution in [3.8, 4) is 0 Å². The minimum atomic E-state index is 0. The van der Waals surface area contributed by atoms with E-state index in [0.29, 0.717) is 6.54 Å². The van der Waals surface area contributed by atoms with Gasteiger partial charge in [-0.3, -0.25) is 4.79 Å². The number of amides is 1. The van der Waals surface area contributed by atoms with E-state index >= 15 is 0 Å². The highest BCUT2D eigenvalue weighted by Gasteiger charge is 2.16. The fourth-order valence-corrected chi connectivity index (χ4v) is 2.00. The van der Waals surface area contributed by atoms with E-state index in [1.54, 1.807) is 4.90 Å². The first-order chi connectivity index (χ1) is 8.58. The summed E-state index contributed by atoms with van der Waals surface area (Å²) in [6, 6.07) is 8.46. The molecule has 0 aromatic heterocycles. The number of benzene rings is 1. The molecule has 1 atom stereocenters. The van der Waals surface area contributed by atoms with Gasteiger partial charge in [-0.15, -0.1) is 12.4 Å². The van der Waals surface area contributed by atoms with Crippen LogP contribution in [0.5, 0.6) is 0 Å². The fraction of sp³-hybridized carbons (Fsp3) is 0.533. The average Bonchev–Trinajstić information content (AvgIpc) is 2.39. The molecule has 0 bridgehead atoms. The lowest BCUT2D eigenvalue weighted by atomic mass is 10.1. The lowest BCUT2D eigenvalue weighted by Crippen LogP contribution is -2.35. The van der Waals surface area contributed by atoms with E-state index in [1.807, 2.05) is 21.0 Å². The highest BCUT2D eigenvalue weighted by molar-refractivity contribution is 5.85. The maximum atomic E-state index is 12.0. The maximum absolute atomic E-state index is 12.0. The summed E-state index contributed by atoms with van der Waals surface area (Å²) in [6.07, 6.45) is 1.05. The molecule has 1 aromatic carbocycles. The molecule has 1 amide bonds. The van der Waals surface area contributed by atoms with Crippen molar-refractivity contribution < 1.29 is 4.79 Å². The van der Waals surface area contributed by atoms with Crippen LogP contribution in [0.3, 0.4) is 0 Å². The Morgan fingerprint density at radius 1 is 1.26 bits per heavy atom. The monoisotopic (exact) mass is 284 g/mol. The molecule has 1 rings (SSSR count). The molecule has 0 aliphatic heterocycles. The normalized spacial score (nSPS) is 11.6. The summed E-state index contributed by atoms with van der Waals surface area (Å²) < 4.78 is 0. The molecule has 0 saturated heterocycles. The van der Waals surface area contributed by atoms with Crippen molar-refractivity contribution in [3.63, 3.8) is 0 Å².